The monoisotopic (exact) mass is 509 g/mol. The van der Waals surface area contributed by atoms with Crippen molar-refractivity contribution in [1.82, 2.24) is 16.0 Å². The number of rotatable bonds is 16. The van der Waals surface area contributed by atoms with E-state index >= 15 is 0 Å². The van der Waals surface area contributed by atoms with Crippen LogP contribution in [0.3, 0.4) is 0 Å². The average Bonchev–Trinajstić information content (AvgIpc) is 2.82. The van der Waals surface area contributed by atoms with Gasteiger partial charge in [0.1, 0.15) is 23.9 Å². The van der Waals surface area contributed by atoms with Gasteiger partial charge in [-0.3, -0.25) is 19.2 Å². The van der Waals surface area contributed by atoms with E-state index < -0.39 is 53.8 Å². The number of carbonyl (C=O) groups excluding carboxylic acids is 3. The highest BCUT2D eigenvalue weighted by molar-refractivity contribution is 5.94. The molecule has 200 valence electrons. The van der Waals surface area contributed by atoms with E-state index in [4.69, 9.17) is 16.6 Å². The number of phenolic OH excluding ortho intramolecular Hbond substituents is 1. The van der Waals surface area contributed by atoms with Crippen molar-refractivity contribution < 1.29 is 39.3 Å². The van der Waals surface area contributed by atoms with Gasteiger partial charge in [-0.05, 0) is 56.8 Å². The van der Waals surface area contributed by atoms with E-state index in [1.807, 2.05) is 0 Å². The van der Waals surface area contributed by atoms with Crippen LogP contribution < -0.4 is 27.4 Å². The fourth-order valence-electron chi connectivity index (χ4n) is 3.19. The van der Waals surface area contributed by atoms with E-state index in [9.17, 15) is 34.2 Å². The first-order chi connectivity index (χ1) is 16.9. The highest BCUT2D eigenvalue weighted by atomic mass is 16.4. The molecule has 36 heavy (non-hydrogen) atoms. The summed E-state index contributed by atoms with van der Waals surface area (Å²) in [5, 5.41) is 35.0. The molecule has 10 N–H and O–H groups in total. The first-order valence-electron chi connectivity index (χ1n) is 11.5. The SMILES string of the molecule is C[C@H](NC(=O)[C@H](N)CCC(=O)O)C(=O)N[C@@H](Cc1ccc(O)cc1)C(=O)N[C@H](CCCCN)C(=O)O. The lowest BCUT2D eigenvalue weighted by molar-refractivity contribution is -0.142. The van der Waals surface area contributed by atoms with Crippen LogP contribution in [0, 0.1) is 0 Å². The number of amides is 3. The summed E-state index contributed by atoms with van der Waals surface area (Å²) in [6, 6.07) is 1.25. The van der Waals surface area contributed by atoms with Gasteiger partial charge in [0.25, 0.3) is 0 Å². The van der Waals surface area contributed by atoms with Gasteiger partial charge in [-0.1, -0.05) is 12.1 Å². The van der Waals surface area contributed by atoms with E-state index in [1.54, 1.807) is 12.1 Å². The number of hydrogen-bond acceptors (Lipinski definition) is 8. The highest BCUT2D eigenvalue weighted by Gasteiger charge is 2.29. The zero-order valence-corrected chi connectivity index (χ0v) is 20.1. The highest BCUT2D eigenvalue weighted by Crippen LogP contribution is 2.12. The zero-order chi connectivity index (χ0) is 27.3. The number of nitrogens with two attached hydrogens (primary N) is 2. The molecule has 1 aromatic rings. The standard InChI is InChI=1S/C23H35N5O8/c1-13(26-21(33)16(25)9-10-19(30)31)20(32)28-18(12-14-5-7-15(29)8-6-14)22(34)27-17(23(35)36)4-2-3-11-24/h5-8,13,16-18,29H,2-4,9-12,24-25H2,1H3,(H,26,33)(H,27,34)(H,28,32)(H,30,31)(H,35,36)/t13-,16+,17+,18-/m0/s1. The second kappa shape index (κ2) is 15.3. The van der Waals surface area contributed by atoms with Crippen LogP contribution >= 0.6 is 0 Å². The molecule has 0 radical (unpaired) electrons. The second-order valence-corrected chi connectivity index (χ2v) is 8.38. The first kappa shape index (κ1) is 30.3. The third-order valence-corrected chi connectivity index (χ3v) is 5.33. The van der Waals surface area contributed by atoms with Gasteiger partial charge in [0.15, 0.2) is 0 Å². The van der Waals surface area contributed by atoms with Crippen molar-refractivity contribution in [2.24, 2.45) is 11.5 Å². The van der Waals surface area contributed by atoms with Crippen LogP contribution in [0.25, 0.3) is 0 Å². The number of benzene rings is 1. The summed E-state index contributed by atoms with van der Waals surface area (Å²) in [5.74, 6) is -4.55. The topological polar surface area (TPSA) is 234 Å². The summed E-state index contributed by atoms with van der Waals surface area (Å²) in [6.45, 7) is 1.74. The Morgan fingerprint density at radius 1 is 0.861 bits per heavy atom. The molecule has 0 bridgehead atoms. The molecule has 1 rings (SSSR count). The summed E-state index contributed by atoms with van der Waals surface area (Å²) in [5.41, 5.74) is 11.7. The van der Waals surface area contributed by atoms with Crippen LogP contribution in [0.5, 0.6) is 5.75 Å². The number of hydrogen-bond donors (Lipinski definition) is 8. The van der Waals surface area contributed by atoms with Crippen molar-refractivity contribution in [3.63, 3.8) is 0 Å². The van der Waals surface area contributed by atoms with Gasteiger partial charge in [0.05, 0.1) is 6.04 Å². The largest absolute Gasteiger partial charge is 0.508 e. The van der Waals surface area contributed by atoms with Gasteiger partial charge in [0, 0.05) is 12.8 Å². The van der Waals surface area contributed by atoms with Crippen LogP contribution in [0.4, 0.5) is 0 Å². The minimum absolute atomic E-state index is 0.00482. The van der Waals surface area contributed by atoms with Crippen LogP contribution in [-0.2, 0) is 30.4 Å². The molecule has 0 heterocycles. The van der Waals surface area contributed by atoms with Crippen molar-refractivity contribution in [3.05, 3.63) is 29.8 Å². The number of nitrogens with one attached hydrogen (secondary N) is 3. The van der Waals surface area contributed by atoms with Crippen molar-refractivity contribution in [1.29, 1.82) is 0 Å². The molecule has 0 aromatic heterocycles. The van der Waals surface area contributed by atoms with E-state index in [0.717, 1.165) is 0 Å². The molecule has 0 aliphatic heterocycles. The van der Waals surface area contributed by atoms with Crippen LogP contribution in [0.2, 0.25) is 0 Å². The number of phenols is 1. The Hall–Kier alpha value is -3.71. The molecule has 13 nitrogen and oxygen atoms in total. The normalized spacial score (nSPS) is 14.1. The van der Waals surface area contributed by atoms with E-state index in [2.05, 4.69) is 16.0 Å². The predicted octanol–water partition coefficient (Wildman–Crippen LogP) is -1.19. The van der Waals surface area contributed by atoms with Gasteiger partial charge in [-0.15, -0.1) is 0 Å². The minimum Gasteiger partial charge on any atom is -0.508 e. The Balaban J connectivity index is 2.93. The summed E-state index contributed by atoms with van der Waals surface area (Å²) in [6.07, 6.45) is 0.750. The lowest BCUT2D eigenvalue weighted by Gasteiger charge is -2.24. The molecule has 0 saturated heterocycles. The van der Waals surface area contributed by atoms with E-state index in [1.165, 1.54) is 19.1 Å². The molecule has 0 fully saturated rings. The summed E-state index contributed by atoms with van der Waals surface area (Å²) in [4.78, 5) is 60.2. The fraction of sp³-hybridized carbons (Fsp3) is 0.522. The fourth-order valence-corrected chi connectivity index (χ4v) is 3.19. The van der Waals surface area contributed by atoms with Crippen molar-refractivity contribution >= 4 is 29.7 Å². The van der Waals surface area contributed by atoms with Gasteiger partial charge in [0.2, 0.25) is 17.7 Å². The van der Waals surface area contributed by atoms with Gasteiger partial charge >= 0.3 is 11.9 Å². The van der Waals surface area contributed by atoms with Crippen LogP contribution in [-0.4, -0.2) is 75.7 Å². The molecular weight excluding hydrogens is 474 g/mol. The van der Waals surface area contributed by atoms with Gasteiger partial charge < -0.3 is 42.7 Å². The second-order valence-electron chi connectivity index (χ2n) is 8.38. The predicted molar refractivity (Wildman–Crippen MR) is 129 cm³/mol. The quantitative estimate of drug-likeness (QED) is 0.124. The Labute approximate surface area is 208 Å². The Kier molecular flexibility index (Phi) is 12.9. The number of carboxylic acids is 2. The molecule has 13 heteroatoms. The maximum atomic E-state index is 13.0. The maximum absolute atomic E-state index is 13.0. The van der Waals surface area contributed by atoms with Crippen molar-refractivity contribution in [2.75, 3.05) is 6.54 Å². The Morgan fingerprint density at radius 2 is 1.47 bits per heavy atom. The number of unbranched alkanes of at least 4 members (excludes halogenated alkanes) is 1. The Bertz CT molecular complexity index is 908. The maximum Gasteiger partial charge on any atom is 0.326 e. The Morgan fingerprint density at radius 3 is 2.03 bits per heavy atom. The average molecular weight is 510 g/mol. The molecule has 0 spiro atoms. The summed E-state index contributed by atoms with van der Waals surface area (Å²) >= 11 is 0. The number of aromatic hydroxyl groups is 1. The first-order valence-corrected chi connectivity index (χ1v) is 11.5. The van der Waals surface area contributed by atoms with E-state index in [-0.39, 0.29) is 31.4 Å². The number of carboxylic acid groups (broad SMARTS) is 2. The molecule has 1 aromatic carbocycles. The third kappa shape index (κ3) is 11.1. The molecule has 0 aliphatic rings. The van der Waals surface area contributed by atoms with Crippen molar-refractivity contribution in [3.8, 4) is 5.75 Å². The summed E-state index contributed by atoms with van der Waals surface area (Å²) in [7, 11) is 0. The van der Waals surface area contributed by atoms with Crippen LogP contribution in [0.15, 0.2) is 24.3 Å². The smallest absolute Gasteiger partial charge is 0.326 e. The molecule has 3 amide bonds. The zero-order valence-electron chi connectivity index (χ0n) is 20.1. The summed E-state index contributed by atoms with van der Waals surface area (Å²) < 4.78 is 0. The van der Waals surface area contributed by atoms with E-state index in [0.29, 0.717) is 24.9 Å². The van der Waals surface area contributed by atoms with Gasteiger partial charge in [-0.2, -0.15) is 0 Å². The third-order valence-electron chi connectivity index (χ3n) is 5.33. The molecule has 0 saturated carbocycles. The van der Waals surface area contributed by atoms with Crippen LogP contribution in [0.1, 0.15) is 44.6 Å². The number of aliphatic carboxylic acids is 2. The molecular formula is C23H35N5O8. The molecule has 4 atom stereocenters. The van der Waals surface area contributed by atoms with Gasteiger partial charge in [-0.25, -0.2) is 4.79 Å². The lowest BCUT2D eigenvalue weighted by atomic mass is 10.0. The molecule has 0 aliphatic carbocycles. The number of carbonyl (C=O) groups is 5. The minimum atomic E-state index is -1.23. The lowest BCUT2D eigenvalue weighted by Crippen LogP contribution is -2.57. The van der Waals surface area contributed by atoms with Crippen molar-refractivity contribution in [2.45, 2.75) is 69.6 Å². The molecule has 0 unspecified atom stereocenters.